The second-order valence-electron chi connectivity index (χ2n) is 3.86. The summed E-state index contributed by atoms with van der Waals surface area (Å²) in [4.78, 5) is 0. The number of hydrogen-bond donors (Lipinski definition) is 0. The van der Waals surface area contributed by atoms with Crippen molar-refractivity contribution in [3.8, 4) is 0 Å². The molecule has 0 bridgehead atoms. The van der Waals surface area contributed by atoms with Gasteiger partial charge in [-0.05, 0) is 6.08 Å². The van der Waals surface area contributed by atoms with E-state index in [9.17, 15) is 0 Å². The minimum Gasteiger partial charge on any atom is -0.493 e. The predicted molar refractivity (Wildman–Crippen MR) is 65.3 cm³/mol. The molecule has 0 fully saturated rings. The predicted octanol–water partition coefficient (Wildman–Crippen LogP) is 0.498. The fourth-order valence-electron chi connectivity index (χ4n) is 1.65. The molecule has 7 heteroatoms. The molecule has 0 aliphatic carbocycles. The highest BCUT2D eigenvalue weighted by Crippen LogP contribution is 2.19. The highest BCUT2D eigenvalue weighted by atomic mass is 16.7. The van der Waals surface area contributed by atoms with Gasteiger partial charge in [0.05, 0.1) is 12.9 Å². The molecule has 0 radical (unpaired) electrons. The van der Waals surface area contributed by atoms with Gasteiger partial charge in [-0.3, -0.25) is 0 Å². The van der Waals surface area contributed by atoms with Crippen LogP contribution >= 0.6 is 0 Å². The van der Waals surface area contributed by atoms with Crippen LogP contribution in [-0.4, -0.2) is 66.6 Å². The number of methoxy groups -OCH3 is 3. The maximum Gasteiger partial charge on any atom is 0.150 e. The van der Waals surface area contributed by atoms with Gasteiger partial charge in [-0.1, -0.05) is 0 Å². The first-order valence-corrected chi connectivity index (χ1v) is 5.93. The van der Waals surface area contributed by atoms with Gasteiger partial charge in [0.25, 0.3) is 0 Å². The Morgan fingerprint density at radius 1 is 0.947 bits per heavy atom. The minimum atomic E-state index is -0.336. The van der Waals surface area contributed by atoms with E-state index in [4.69, 9.17) is 33.2 Å². The van der Waals surface area contributed by atoms with E-state index >= 15 is 0 Å². The third-order valence-electron chi connectivity index (χ3n) is 2.45. The van der Waals surface area contributed by atoms with Gasteiger partial charge in [0, 0.05) is 21.3 Å². The van der Waals surface area contributed by atoms with Crippen molar-refractivity contribution in [2.24, 2.45) is 0 Å². The second kappa shape index (κ2) is 10.1. The third kappa shape index (κ3) is 5.85. The normalized spacial score (nSPS) is 26.4. The van der Waals surface area contributed by atoms with Crippen LogP contribution in [0.15, 0.2) is 12.3 Å². The molecule has 3 atom stereocenters. The zero-order chi connectivity index (χ0) is 13.9. The van der Waals surface area contributed by atoms with Crippen molar-refractivity contribution in [1.82, 2.24) is 0 Å². The molecular weight excluding hydrogens is 256 g/mol. The topological polar surface area (TPSA) is 64.6 Å². The Labute approximate surface area is 113 Å². The summed E-state index contributed by atoms with van der Waals surface area (Å²) in [6, 6.07) is 0. The standard InChI is InChI=1S/C12H22O7/c1-13-7-16-6-11-12(19-9-15-3)10(4-5-17-11)18-8-14-2/h4-5,10-12H,6-9H2,1-3H3/t10-,11-,12-/m1/s1. The molecule has 112 valence electrons. The van der Waals surface area contributed by atoms with Crippen LogP contribution in [0.5, 0.6) is 0 Å². The summed E-state index contributed by atoms with van der Waals surface area (Å²) in [6.45, 7) is 0.854. The van der Waals surface area contributed by atoms with Crippen LogP contribution in [-0.2, 0) is 33.2 Å². The molecule has 0 saturated carbocycles. The number of rotatable bonds is 10. The smallest absolute Gasteiger partial charge is 0.150 e. The van der Waals surface area contributed by atoms with Gasteiger partial charge in [0.15, 0.2) is 6.10 Å². The zero-order valence-corrected chi connectivity index (χ0v) is 11.6. The minimum absolute atomic E-state index is 0.148. The lowest BCUT2D eigenvalue weighted by Crippen LogP contribution is -2.46. The van der Waals surface area contributed by atoms with E-state index in [0.29, 0.717) is 6.61 Å². The van der Waals surface area contributed by atoms with Crippen LogP contribution < -0.4 is 0 Å². The maximum absolute atomic E-state index is 5.59. The van der Waals surface area contributed by atoms with Crippen molar-refractivity contribution in [2.45, 2.75) is 18.3 Å². The largest absolute Gasteiger partial charge is 0.493 e. The summed E-state index contributed by atoms with van der Waals surface area (Å²) >= 11 is 0. The molecule has 19 heavy (non-hydrogen) atoms. The lowest BCUT2D eigenvalue weighted by atomic mass is 10.1. The van der Waals surface area contributed by atoms with Gasteiger partial charge in [0.1, 0.15) is 32.6 Å². The summed E-state index contributed by atoms with van der Waals surface area (Å²) in [5.74, 6) is 0. The van der Waals surface area contributed by atoms with Crippen molar-refractivity contribution in [1.29, 1.82) is 0 Å². The molecular formula is C12H22O7. The van der Waals surface area contributed by atoms with Crippen molar-refractivity contribution in [3.63, 3.8) is 0 Å². The Bertz CT molecular complexity index is 246. The Morgan fingerprint density at radius 2 is 1.63 bits per heavy atom. The number of ether oxygens (including phenoxy) is 7. The average Bonchev–Trinajstić information content (AvgIpc) is 2.44. The molecule has 0 saturated heterocycles. The third-order valence-corrected chi connectivity index (χ3v) is 2.45. The zero-order valence-electron chi connectivity index (χ0n) is 11.6. The summed E-state index contributed by atoms with van der Waals surface area (Å²) in [5.41, 5.74) is 0. The fraction of sp³-hybridized carbons (Fsp3) is 0.833. The van der Waals surface area contributed by atoms with Gasteiger partial charge in [-0.2, -0.15) is 0 Å². The quantitative estimate of drug-likeness (QED) is 0.426. The molecule has 0 amide bonds. The molecule has 1 rings (SSSR count). The molecule has 0 aromatic carbocycles. The van der Waals surface area contributed by atoms with Crippen LogP contribution in [0.3, 0.4) is 0 Å². The van der Waals surface area contributed by atoms with Gasteiger partial charge in [-0.25, -0.2) is 0 Å². The highest BCUT2D eigenvalue weighted by molar-refractivity contribution is 4.98. The lowest BCUT2D eigenvalue weighted by Gasteiger charge is -2.33. The van der Waals surface area contributed by atoms with Crippen molar-refractivity contribution < 1.29 is 33.2 Å². The molecule has 1 aliphatic rings. The molecule has 0 unspecified atom stereocenters. The Hall–Kier alpha value is -0.700. The van der Waals surface area contributed by atoms with Crippen LogP contribution in [0.25, 0.3) is 0 Å². The van der Waals surface area contributed by atoms with Crippen molar-refractivity contribution in [3.05, 3.63) is 12.3 Å². The van der Waals surface area contributed by atoms with E-state index in [0.717, 1.165) is 0 Å². The fourth-order valence-corrected chi connectivity index (χ4v) is 1.65. The first-order valence-electron chi connectivity index (χ1n) is 5.93. The molecule has 0 aromatic rings. The van der Waals surface area contributed by atoms with E-state index < -0.39 is 0 Å². The lowest BCUT2D eigenvalue weighted by molar-refractivity contribution is -0.194. The monoisotopic (exact) mass is 278 g/mol. The summed E-state index contributed by atoms with van der Waals surface area (Å²) in [7, 11) is 4.68. The highest BCUT2D eigenvalue weighted by Gasteiger charge is 2.34. The van der Waals surface area contributed by atoms with Gasteiger partial charge < -0.3 is 33.2 Å². The summed E-state index contributed by atoms with van der Waals surface area (Å²) in [6.07, 6.45) is 2.44. The van der Waals surface area contributed by atoms with Crippen molar-refractivity contribution >= 4 is 0 Å². The van der Waals surface area contributed by atoms with E-state index in [2.05, 4.69) is 0 Å². The van der Waals surface area contributed by atoms with E-state index in [-0.39, 0.29) is 38.7 Å². The van der Waals surface area contributed by atoms with E-state index in [1.165, 1.54) is 0 Å². The first kappa shape index (κ1) is 16.4. The molecule has 0 N–H and O–H groups in total. The van der Waals surface area contributed by atoms with Crippen LogP contribution in [0, 0.1) is 0 Å². The Kier molecular flexibility index (Phi) is 8.72. The first-order chi connectivity index (χ1) is 9.33. The molecule has 1 heterocycles. The average molecular weight is 278 g/mol. The molecule has 7 nitrogen and oxygen atoms in total. The molecule has 0 aromatic heterocycles. The van der Waals surface area contributed by atoms with Gasteiger partial charge in [-0.15, -0.1) is 0 Å². The SMILES string of the molecule is COCOC[C@H]1OC=C[C@@H](OCOC)[C@H]1OCOC. The van der Waals surface area contributed by atoms with Crippen LogP contribution in [0.2, 0.25) is 0 Å². The Morgan fingerprint density at radius 3 is 2.32 bits per heavy atom. The van der Waals surface area contributed by atoms with Gasteiger partial charge >= 0.3 is 0 Å². The van der Waals surface area contributed by atoms with Crippen molar-refractivity contribution in [2.75, 3.05) is 48.3 Å². The summed E-state index contributed by atoms with van der Waals surface area (Å²) < 4.78 is 36.5. The second-order valence-corrected chi connectivity index (χ2v) is 3.86. The number of hydrogen-bond acceptors (Lipinski definition) is 7. The van der Waals surface area contributed by atoms with E-state index in [1.54, 1.807) is 33.7 Å². The summed E-state index contributed by atoms with van der Waals surface area (Å²) in [5, 5.41) is 0. The van der Waals surface area contributed by atoms with Crippen LogP contribution in [0.1, 0.15) is 0 Å². The van der Waals surface area contributed by atoms with Crippen LogP contribution in [0.4, 0.5) is 0 Å². The Balaban J connectivity index is 2.53. The van der Waals surface area contributed by atoms with Gasteiger partial charge in [0.2, 0.25) is 0 Å². The molecule has 1 aliphatic heterocycles. The van der Waals surface area contributed by atoms with E-state index in [1.807, 2.05) is 0 Å². The molecule has 0 spiro atoms. The maximum atomic E-state index is 5.59.